The molecule has 182 valence electrons. The fourth-order valence-corrected chi connectivity index (χ4v) is 4.85. The van der Waals surface area contributed by atoms with Crippen LogP contribution in [0.25, 0.3) is 22.6 Å². The fraction of sp³-hybridized carbons (Fsp3) is 0.259. The Morgan fingerprint density at radius 3 is 2.37 bits per heavy atom. The topological polar surface area (TPSA) is 98.5 Å². The van der Waals surface area contributed by atoms with Crippen molar-refractivity contribution in [2.45, 2.75) is 44.4 Å². The van der Waals surface area contributed by atoms with E-state index in [1.165, 1.54) is 24.8 Å². The van der Waals surface area contributed by atoms with Crippen molar-refractivity contribution < 1.29 is 22.4 Å². The summed E-state index contributed by atoms with van der Waals surface area (Å²) >= 11 is 0. The third-order valence-corrected chi connectivity index (χ3v) is 7.19. The van der Waals surface area contributed by atoms with E-state index in [1.807, 2.05) is 19.1 Å². The van der Waals surface area contributed by atoms with Crippen LogP contribution in [0.5, 0.6) is 0 Å². The Balaban J connectivity index is 1.62. The number of nitrogens with zero attached hydrogens (tertiary/aromatic N) is 1. The lowest BCUT2D eigenvalue weighted by molar-refractivity contribution is 0.0599. The van der Waals surface area contributed by atoms with Crippen LogP contribution < -0.4 is 4.72 Å². The summed E-state index contributed by atoms with van der Waals surface area (Å²) in [6.07, 6.45) is 0.572. The zero-order valence-electron chi connectivity index (χ0n) is 20.4. The van der Waals surface area contributed by atoms with Gasteiger partial charge >= 0.3 is 5.97 Å². The molecule has 0 aliphatic heterocycles. The summed E-state index contributed by atoms with van der Waals surface area (Å²) in [5, 5.41) is 0. The van der Waals surface area contributed by atoms with Crippen LogP contribution in [-0.4, -0.2) is 26.5 Å². The van der Waals surface area contributed by atoms with E-state index in [0.29, 0.717) is 34.7 Å². The van der Waals surface area contributed by atoms with E-state index in [4.69, 9.17) is 9.15 Å². The molecule has 0 unspecified atom stereocenters. The molecule has 0 spiro atoms. The van der Waals surface area contributed by atoms with Crippen molar-refractivity contribution in [3.63, 3.8) is 0 Å². The van der Waals surface area contributed by atoms with Crippen molar-refractivity contribution in [1.82, 2.24) is 4.98 Å². The Labute approximate surface area is 205 Å². The lowest BCUT2D eigenvalue weighted by Crippen LogP contribution is -2.15. The number of esters is 1. The van der Waals surface area contributed by atoms with Crippen molar-refractivity contribution >= 4 is 32.8 Å². The molecule has 0 saturated carbocycles. The average molecular weight is 493 g/mol. The van der Waals surface area contributed by atoms with E-state index in [1.54, 1.807) is 24.3 Å². The van der Waals surface area contributed by atoms with Gasteiger partial charge in [0.05, 0.1) is 23.3 Å². The van der Waals surface area contributed by atoms with Gasteiger partial charge < -0.3 is 9.15 Å². The number of anilines is 1. The van der Waals surface area contributed by atoms with Gasteiger partial charge in [-0.25, -0.2) is 18.2 Å². The maximum atomic E-state index is 13.0. The molecule has 0 atom stereocenters. The Hall–Kier alpha value is -3.65. The first kappa shape index (κ1) is 24.5. The molecule has 1 N–H and O–H groups in total. The number of hydrogen-bond acceptors (Lipinski definition) is 6. The fourth-order valence-electron chi connectivity index (χ4n) is 3.77. The summed E-state index contributed by atoms with van der Waals surface area (Å²) in [5.74, 6) is -0.121. The molecule has 35 heavy (non-hydrogen) atoms. The summed E-state index contributed by atoms with van der Waals surface area (Å²) in [6.45, 7) is 8.34. The maximum absolute atomic E-state index is 13.0. The van der Waals surface area contributed by atoms with E-state index in [2.05, 4.69) is 42.6 Å². The highest BCUT2D eigenvalue weighted by Crippen LogP contribution is 2.30. The number of oxazole rings is 1. The number of aromatic nitrogens is 1. The van der Waals surface area contributed by atoms with Crippen LogP contribution >= 0.6 is 0 Å². The predicted octanol–water partition coefficient (Wildman–Crippen LogP) is 5.94. The second-order valence-electron chi connectivity index (χ2n) is 9.30. The first-order valence-electron chi connectivity index (χ1n) is 11.3. The number of aryl methyl sites for hydroxylation is 1. The van der Waals surface area contributed by atoms with Crippen LogP contribution in [0, 0.1) is 0 Å². The predicted molar refractivity (Wildman–Crippen MR) is 136 cm³/mol. The highest BCUT2D eigenvalue weighted by Gasteiger charge is 2.20. The minimum absolute atomic E-state index is 0.0324. The van der Waals surface area contributed by atoms with E-state index < -0.39 is 16.0 Å². The highest BCUT2D eigenvalue weighted by molar-refractivity contribution is 7.92. The van der Waals surface area contributed by atoms with Gasteiger partial charge in [-0.2, -0.15) is 0 Å². The van der Waals surface area contributed by atoms with Crippen molar-refractivity contribution in [2.24, 2.45) is 0 Å². The third kappa shape index (κ3) is 5.07. The lowest BCUT2D eigenvalue weighted by Gasteiger charge is -2.18. The highest BCUT2D eigenvalue weighted by atomic mass is 32.2. The zero-order chi connectivity index (χ0) is 25.4. The van der Waals surface area contributed by atoms with Gasteiger partial charge in [0.15, 0.2) is 5.58 Å². The molecule has 0 amide bonds. The molecule has 1 heterocycles. The number of carbonyl (C=O) groups is 1. The van der Waals surface area contributed by atoms with Gasteiger partial charge in [0, 0.05) is 5.56 Å². The van der Waals surface area contributed by atoms with Gasteiger partial charge in [0.1, 0.15) is 5.52 Å². The SMILES string of the molecule is CCc1ccc(S(=O)(=O)Nc2ccc3oc(-c4ccc(C(C)(C)C)cc4)nc3c2)cc1C(=O)OC. The molecule has 0 fully saturated rings. The number of rotatable bonds is 6. The number of methoxy groups -OCH3 is 1. The molecule has 1 aromatic heterocycles. The number of hydrogen-bond donors (Lipinski definition) is 1. The van der Waals surface area contributed by atoms with Crippen LogP contribution in [0.15, 0.2) is 70.0 Å². The minimum atomic E-state index is -3.95. The number of benzene rings is 3. The van der Waals surface area contributed by atoms with Crippen molar-refractivity contribution in [1.29, 1.82) is 0 Å². The molecule has 0 radical (unpaired) electrons. The van der Waals surface area contributed by atoms with Crippen LogP contribution in [0.3, 0.4) is 0 Å². The Morgan fingerprint density at radius 1 is 1.03 bits per heavy atom. The number of ether oxygens (including phenoxy) is 1. The average Bonchev–Trinajstić information content (AvgIpc) is 3.26. The van der Waals surface area contributed by atoms with Gasteiger partial charge in [0.2, 0.25) is 5.89 Å². The summed E-state index contributed by atoms with van der Waals surface area (Å²) in [5.41, 5.74) is 4.42. The normalized spacial score (nSPS) is 12.0. The molecule has 0 bridgehead atoms. The second kappa shape index (κ2) is 9.19. The molecule has 7 nitrogen and oxygen atoms in total. The number of nitrogens with one attached hydrogen (secondary N) is 1. The number of carbonyl (C=O) groups excluding carboxylic acids is 1. The standard InChI is InChI=1S/C27H28N2O5S/c1-6-17-9-13-21(16-22(17)26(30)33-5)35(31,32)29-20-12-14-24-23(15-20)28-25(34-24)18-7-10-19(11-8-18)27(2,3)4/h7-16,29H,6H2,1-5H3. The van der Waals surface area contributed by atoms with Crippen LogP contribution in [0.1, 0.15) is 49.2 Å². The van der Waals surface area contributed by atoms with Crippen LogP contribution in [0.2, 0.25) is 0 Å². The molecule has 3 aromatic carbocycles. The summed E-state index contributed by atoms with van der Waals surface area (Å²) in [6, 6.07) is 17.4. The quantitative estimate of drug-likeness (QED) is 0.334. The molecule has 8 heteroatoms. The van der Waals surface area contributed by atoms with Crippen molar-refractivity contribution in [3.8, 4) is 11.5 Å². The van der Waals surface area contributed by atoms with E-state index in [9.17, 15) is 13.2 Å². The van der Waals surface area contributed by atoms with Crippen molar-refractivity contribution in [2.75, 3.05) is 11.8 Å². The molecular formula is C27H28N2O5S. The van der Waals surface area contributed by atoms with Gasteiger partial charge in [-0.1, -0.05) is 45.9 Å². The summed E-state index contributed by atoms with van der Waals surface area (Å²) < 4.78 is 39.3. The maximum Gasteiger partial charge on any atom is 0.338 e. The molecule has 4 rings (SSSR count). The molecular weight excluding hydrogens is 464 g/mol. The third-order valence-electron chi connectivity index (χ3n) is 5.82. The first-order chi connectivity index (χ1) is 16.5. The summed E-state index contributed by atoms with van der Waals surface area (Å²) in [4.78, 5) is 16.6. The van der Waals surface area contributed by atoms with E-state index in [-0.39, 0.29) is 15.9 Å². The summed E-state index contributed by atoms with van der Waals surface area (Å²) in [7, 11) is -2.69. The minimum Gasteiger partial charge on any atom is -0.465 e. The smallest absolute Gasteiger partial charge is 0.338 e. The molecule has 0 aliphatic rings. The first-order valence-corrected chi connectivity index (χ1v) is 12.8. The van der Waals surface area contributed by atoms with Crippen molar-refractivity contribution in [3.05, 3.63) is 77.4 Å². The van der Waals surface area contributed by atoms with Gasteiger partial charge in [-0.15, -0.1) is 0 Å². The van der Waals surface area contributed by atoms with Crippen LogP contribution in [0.4, 0.5) is 5.69 Å². The van der Waals surface area contributed by atoms with E-state index in [0.717, 1.165) is 5.56 Å². The van der Waals surface area contributed by atoms with Gasteiger partial charge in [-0.3, -0.25) is 4.72 Å². The monoisotopic (exact) mass is 492 g/mol. The Morgan fingerprint density at radius 2 is 1.74 bits per heavy atom. The second-order valence-corrected chi connectivity index (χ2v) is 11.0. The van der Waals surface area contributed by atoms with Crippen LogP contribution in [-0.2, 0) is 26.6 Å². The number of fused-ring (bicyclic) bond motifs is 1. The van der Waals surface area contributed by atoms with Gasteiger partial charge in [-0.05, 0) is 65.4 Å². The Bertz CT molecular complexity index is 1500. The number of sulfonamides is 1. The molecule has 0 saturated heterocycles. The van der Waals surface area contributed by atoms with E-state index >= 15 is 0 Å². The largest absolute Gasteiger partial charge is 0.465 e. The zero-order valence-corrected chi connectivity index (χ0v) is 21.2. The van der Waals surface area contributed by atoms with Gasteiger partial charge in [0.25, 0.3) is 10.0 Å². The molecule has 4 aromatic rings. The molecule has 0 aliphatic carbocycles. The Kier molecular flexibility index (Phi) is 6.42. The lowest BCUT2D eigenvalue weighted by atomic mass is 9.87.